The highest BCUT2D eigenvalue weighted by molar-refractivity contribution is 6.40. The first-order chi connectivity index (χ1) is 19.3. The van der Waals surface area contributed by atoms with Gasteiger partial charge in [-0.3, -0.25) is 9.59 Å². The molecule has 6 heteroatoms. The highest BCUT2D eigenvalue weighted by atomic mass is 16.7. The average molecular weight is 545 g/mol. The van der Waals surface area contributed by atoms with Crippen LogP contribution < -0.4 is 0 Å². The molecule has 0 unspecified atom stereocenters. The van der Waals surface area contributed by atoms with E-state index in [1.165, 1.54) is 5.57 Å². The van der Waals surface area contributed by atoms with Gasteiger partial charge in [-0.15, -0.1) is 0 Å². The number of esters is 1. The van der Waals surface area contributed by atoms with Crippen LogP contribution in [0.25, 0.3) is 11.1 Å². The number of hydrogen-bond donors (Lipinski definition) is 0. The monoisotopic (exact) mass is 544 g/mol. The van der Waals surface area contributed by atoms with Crippen molar-refractivity contribution in [1.82, 2.24) is 0 Å². The molecular formula is C34H40O6. The Labute approximate surface area is 237 Å². The minimum atomic E-state index is -0.641. The number of ketones is 2. The van der Waals surface area contributed by atoms with E-state index in [1.807, 2.05) is 42.5 Å². The highest BCUT2D eigenvalue weighted by Crippen LogP contribution is 2.49. The molecule has 6 nitrogen and oxygen atoms in total. The summed E-state index contributed by atoms with van der Waals surface area (Å²) in [4.78, 5) is 38.1. The van der Waals surface area contributed by atoms with Gasteiger partial charge in [-0.1, -0.05) is 54.1 Å². The summed E-state index contributed by atoms with van der Waals surface area (Å²) in [5.41, 5.74) is 3.91. The number of benzene rings is 2. The second-order valence-corrected chi connectivity index (χ2v) is 11.7. The van der Waals surface area contributed by atoms with Crippen LogP contribution >= 0.6 is 0 Å². The van der Waals surface area contributed by atoms with E-state index in [1.54, 1.807) is 12.1 Å². The number of ether oxygens (including phenoxy) is 3. The van der Waals surface area contributed by atoms with Crippen LogP contribution in [0.1, 0.15) is 75.6 Å². The Kier molecular flexibility index (Phi) is 8.97. The van der Waals surface area contributed by atoms with Crippen LogP contribution in [0.3, 0.4) is 0 Å². The molecule has 0 radical (unpaired) electrons. The molecule has 0 bridgehead atoms. The van der Waals surface area contributed by atoms with E-state index in [2.05, 4.69) is 19.9 Å². The molecule has 0 amide bonds. The Bertz CT molecular complexity index is 1220. The normalized spacial score (nSPS) is 25.1. The van der Waals surface area contributed by atoms with Gasteiger partial charge in [0.05, 0.1) is 18.8 Å². The van der Waals surface area contributed by atoms with Crippen molar-refractivity contribution < 1.29 is 28.6 Å². The minimum Gasteiger partial charge on any atom is -0.458 e. The van der Waals surface area contributed by atoms with Crippen LogP contribution in [0.4, 0.5) is 0 Å². The van der Waals surface area contributed by atoms with Crippen LogP contribution in [0.5, 0.6) is 0 Å². The van der Waals surface area contributed by atoms with Crippen molar-refractivity contribution in [3.05, 3.63) is 71.8 Å². The quantitative estimate of drug-likeness (QED) is 0.135. The van der Waals surface area contributed by atoms with Crippen LogP contribution in [-0.4, -0.2) is 42.6 Å². The number of allylic oxidation sites excluding steroid dienone is 2. The molecule has 2 aromatic rings. The molecule has 2 aliphatic carbocycles. The number of Topliss-reactive ketones (excluding diaryl/α,β-unsaturated/α-hetero) is 2. The molecule has 5 rings (SSSR count). The number of fused-ring (bicyclic) bond motifs is 1. The van der Waals surface area contributed by atoms with Crippen molar-refractivity contribution in [2.45, 2.75) is 77.1 Å². The van der Waals surface area contributed by atoms with Gasteiger partial charge >= 0.3 is 5.97 Å². The fourth-order valence-electron chi connectivity index (χ4n) is 6.69. The fourth-order valence-corrected chi connectivity index (χ4v) is 6.69. The van der Waals surface area contributed by atoms with Crippen molar-refractivity contribution >= 4 is 17.5 Å². The number of unbranched alkanes of at least 4 members (excludes halogenated alkanes) is 2. The molecule has 2 aromatic carbocycles. The molecule has 212 valence electrons. The fraction of sp³-hybridized carbons (Fsp3) is 0.500. The van der Waals surface area contributed by atoms with Gasteiger partial charge in [-0.05, 0) is 75.1 Å². The Hall–Kier alpha value is -3.09. The van der Waals surface area contributed by atoms with E-state index in [0.717, 1.165) is 36.8 Å². The maximum absolute atomic E-state index is 13.2. The Morgan fingerprint density at radius 3 is 2.35 bits per heavy atom. The zero-order chi connectivity index (χ0) is 28.1. The predicted molar refractivity (Wildman–Crippen MR) is 153 cm³/mol. The molecule has 3 aliphatic rings. The molecule has 0 aromatic heterocycles. The first-order valence-corrected chi connectivity index (χ1v) is 14.7. The third-order valence-electron chi connectivity index (χ3n) is 8.79. The first kappa shape index (κ1) is 28.4. The van der Waals surface area contributed by atoms with Crippen LogP contribution in [-0.2, 0) is 23.8 Å². The van der Waals surface area contributed by atoms with Crippen molar-refractivity contribution in [1.29, 1.82) is 0 Å². The summed E-state index contributed by atoms with van der Waals surface area (Å²) in [6, 6.07) is 17.4. The van der Waals surface area contributed by atoms with E-state index in [4.69, 9.17) is 14.2 Å². The highest BCUT2D eigenvalue weighted by Gasteiger charge is 2.54. The summed E-state index contributed by atoms with van der Waals surface area (Å²) in [5.74, 6) is -2.15. The zero-order valence-electron chi connectivity index (χ0n) is 23.6. The molecule has 1 heterocycles. The van der Waals surface area contributed by atoms with Gasteiger partial charge in [0, 0.05) is 31.1 Å². The predicted octanol–water partition coefficient (Wildman–Crippen LogP) is 6.72. The van der Waals surface area contributed by atoms with Crippen molar-refractivity contribution in [2.24, 2.45) is 17.8 Å². The Morgan fingerprint density at radius 2 is 1.65 bits per heavy atom. The second-order valence-electron chi connectivity index (χ2n) is 11.7. The molecule has 3 fully saturated rings. The van der Waals surface area contributed by atoms with Gasteiger partial charge in [0.1, 0.15) is 6.10 Å². The van der Waals surface area contributed by atoms with Gasteiger partial charge in [0.25, 0.3) is 0 Å². The van der Waals surface area contributed by atoms with Gasteiger partial charge in [-0.25, -0.2) is 4.79 Å². The molecule has 0 spiro atoms. The third-order valence-corrected chi connectivity index (χ3v) is 8.79. The summed E-state index contributed by atoms with van der Waals surface area (Å²) >= 11 is 0. The third kappa shape index (κ3) is 6.45. The van der Waals surface area contributed by atoms with Gasteiger partial charge < -0.3 is 14.2 Å². The lowest BCUT2D eigenvalue weighted by atomic mass is 9.85. The number of hydrogen-bond acceptors (Lipinski definition) is 6. The van der Waals surface area contributed by atoms with Gasteiger partial charge in [-0.2, -0.15) is 0 Å². The summed E-state index contributed by atoms with van der Waals surface area (Å²) in [5, 5.41) is 0. The molecule has 40 heavy (non-hydrogen) atoms. The lowest BCUT2D eigenvalue weighted by Gasteiger charge is -2.31. The summed E-state index contributed by atoms with van der Waals surface area (Å²) in [7, 11) is 0. The molecule has 4 atom stereocenters. The van der Waals surface area contributed by atoms with Crippen LogP contribution in [0.2, 0.25) is 0 Å². The molecular weight excluding hydrogens is 504 g/mol. The second kappa shape index (κ2) is 12.6. The van der Waals surface area contributed by atoms with Crippen LogP contribution in [0, 0.1) is 17.8 Å². The Morgan fingerprint density at radius 1 is 0.950 bits per heavy atom. The summed E-state index contributed by atoms with van der Waals surface area (Å²) in [6.07, 6.45) is 7.74. The molecule has 2 saturated carbocycles. The van der Waals surface area contributed by atoms with Crippen molar-refractivity contribution in [3.63, 3.8) is 0 Å². The first-order valence-electron chi connectivity index (χ1n) is 14.7. The van der Waals surface area contributed by atoms with E-state index < -0.39 is 17.9 Å². The number of carbonyl (C=O) groups excluding carboxylic acids is 3. The Balaban J connectivity index is 1.25. The maximum Gasteiger partial charge on any atom is 0.338 e. The summed E-state index contributed by atoms with van der Waals surface area (Å²) < 4.78 is 18.3. The van der Waals surface area contributed by atoms with Crippen molar-refractivity contribution in [2.75, 3.05) is 13.2 Å². The number of carbonyl (C=O) groups is 3. The molecule has 0 N–H and O–H groups in total. The molecule has 1 aliphatic heterocycles. The van der Waals surface area contributed by atoms with E-state index in [-0.39, 0.29) is 35.7 Å². The SMILES string of the molecule is CC(C)=CCCCCC1(CC[C@@H]2[C@H]3CC(=O)C(=O)[C@H]3C[C@H]2OC(=O)c2ccc(-c3ccccc3)cc2)OCCO1. The minimum absolute atomic E-state index is 0.0803. The average Bonchev–Trinajstić information content (AvgIpc) is 3.63. The van der Waals surface area contributed by atoms with E-state index in [9.17, 15) is 14.4 Å². The topological polar surface area (TPSA) is 78.9 Å². The van der Waals surface area contributed by atoms with E-state index >= 15 is 0 Å². The lowest BCUT2D eigenvalue weighted by Crippen LogP contribution is -2.33. The smallest absolute Gasteiger partial charge is 0.338 e. The lowest BCUT2D eigenvalue weighted by molar-refractivity contribution is -0.171. The zero-order valence-corrected chi connectivity index (χ0v) is 23.6. The van der Waals surface area contributed by atoms with Gasteiger partial charge in [0.2, 0.25) is 5.78 Å². The van der Waals surface area contributed by atoms with Gasteiger partial charge in [0.15, 0.2) is 11.6 Å². The maximum atomic E-state index is 13.2. The van der Waals surface area contributed by atoms with E-state index in [0.29, 0.717) is 38.0 Å². The largest absolute Gasteiger partial charge is 0.458 e. The van der Waals surface area contributed by atoms with Crippen molar-refractivity contribution in [3.8, 4) is 11.1 Å². The molecule has 1 saturated heterocycles. The number of rotatable bonds is 11. The standard InChI is InChI=1S/C34H40O6/c1-23(2)9-5-4-8-17-34(38-19-20-39-34)18-16-27-28-21-30(35)32(36)29(28)22-31(27)40-33(37)26-14-12-25(13-15-26)24-10-6-3-7-11-24/h3,6-7,9-15,27-29,31H,4-5,8,16-22H2,1-2H3/t27-,28-,29+,31-/m1/s1. The van der Waals surface area contributed by atoms with Crippen LogP contribution in [0.15, 0.2) is 66.2 Å². The summed E-state index contributed by atoms with van der Waals surface area (Å²) in [6.45, 7) is 5.36.